The van der Waals surface area contributed by atoms with Crippen molar-refractivity contribution in [3.8, 4) is 11.1 Å². The van der Waals surface area contributed by atoms with E-state index >= 15 is 0 Å². The minimum absolute atomic E-state index is 0. The lowest BCUT2D eigenvalue weighted by Crippen LogP contribution is -2.23. The van der Waals surface area contributed by atoms with Gasteiger partial charge in [-0.25, -0.2) is 0 Å². The summed E-state index contributed by atoms with van der Waals surface area (Å²) in [5.74, 6) is 0. The van der Waals surface area contributed by atoms with Gasteiger partial charge in [-0.05, 0) is 47.7 Å². The van der Waals surface area contributed by atoms with Gasteiger partial charge in [0.05, 0.1) is 0 Å². The van der Waals surface area contributed by atoms with Gasteiger partial charge in [-0.3, -0.25) is 0 Å². The Morgan fingerprint density at radius 3 is 2.67 bits per heavy atom. The quantitative estimate of drug-likeness (QED) is 0.823. The number of halogens is 1. The first-order valence-electron chi connectivity index (χ1n) is 6.23. The van der Waals surface area contributed by atoms with Crippen molar-refractivity contribution < 1.29 is 0 Å². The number of hydrogen-bond donors (Lipinski definition) is 1. The second-order valence-corrected chi connectivity index (χ2v) is 4.73. The first-order valence-corrected chi connectivity index (χ1v) is 6.23. The van der Waals surface area contributed by atoms with E-state index in [9.17, 15) is 0 Å². The summed E-state index contributed by atoms with van der Waals surface area (Å²) in [5, 5.41) is 3.41. The van der Waals surface area contributed by atoms with E-state index in [4.69, 9.17) is 0 Å². The average Bonchev–Trinajstić information content (AvgIpc) is 2.39. The highest BCUT2D eigenvalue weighted by atomic mass is 35.5. The molecule has 0 aliphatic carbocycles. The molecule has 0 saturated carbocycles. The van der Waals surface area contributed by atoms with Crippen molar-refractivity contribution >= 4 is 12.4 Å². The van der Waals surface area contributed by atoms with Crippen LogP contribution in [0.2, 0.25) is 0 Å². The smallest absolute Gasteiger partial charge is 0.0208 e. The fourth-order valence-electron chi connectivity index (χ4n) is 2.54. The third kappa shape index (κ3) is 2.43. The summed E-state index contributed by atoms with van der Waals surface area (Å²) in [7, 11) is 0. The van der Waals surface area contributed by atoms with Gasteiger partial charge in [-0.15, -0.1) is 12.4 Å². The van der Waals surface area contributed by atoms with Crippen LogP contribution >= 0.6 is 12.4 Å². The summed E-state index contributed by atoms with van der Waals surface area (Å²) in [6.07, 6.45) is 1.15. The van der Waals surface area contributed by atoms with Crippen LogP contribution in [-0.4, -0.2) is 6.54 Å². The maximum absolute atomic E-state index is 3.41. The minimum Gasteiger partial charge on any atom is -0.312 e. The zero-order valence-corrected chi connectivity index (χ0v) is 11.4. The Morgan fingerprint density at radius 1 is 1.00 bits per heavy atom. The van der Waals surface area contributed by atoms with Crippen LogP contribution in [0.15, 0.2) is 42.5 Å². The number of nitrogens with one attached hydrogen (secondary N) is 1. The molecule has 0 amide bonds. The number of fused-ring (bicyclic) bond motifs is 1. The van der Waals surface area contributed by atoms with Crippen LogP contribution in [0, 0.1) is 6.92 Å². The molecular formula is C16H18ClN. The molecule has 0 aromatic heterocycles. The van der Waals surface area contributed by atoms with Crippen molar-refractivity contribution in [2.45, 2.75) is 19.9 Å². The normalized spacial score (nSPS) is 13.6. The molecule has 0 radical (unpaired) electrons. The molecular weight excluding hydrogens is 242 g/mol. The standard InChI is InChI=1S/C16H17N.ClH/c1-12-4-2-3-5-16(12)14-6-7-15-11-17-9-8-13(15)10-14;/h2-7,10,17H,8-9,11H2,1H3;1H. The van der Waals surface area contributed by atoms with Gasteiger partial charge in [-0.2, -0.15) is 0 Å². The lowest BCUT2D eigenvalue weighted by Gasteiger charge is -2.18. The summed E-state index contributed by atoms with van der Waals surface area (Å²) in [6, 6.07) is 15.5. The first kappa shape index (κ1) is 13.1. The molecule has 0 fully saturated rings. The van der Waals surface area contributed by atoms with Gasteiger partial charge in [0.25, 0.3) is 0 Å². The minimum atomic E-state index is 0. The molecule has 3 rings (SSSR count). The van der Waals surface area contributed by atoms with Crippen LogP contribution in [0.5, 0.6) is 0 Å². The van der Waals surface area contributed by atoms with E-state index in [1.807, 2.05) is 0 Å². The molecule has 18 heavy (non-hydrogen) atoms. The zero-order chi connectivity index (χ0) is 11.7. The zero-order valence-electron chi connectivity index (χ0n) is 10.6. The van der Waals surface area contributed by atoms with Gasteiger partial charge >= 0.3 is 0 Å². The molecule has 94 valence electrons. The van der Waals surface area contributed by atoms with E-state index in [0.29, 0.717) is 0 Å². The average molecular weight is 260 g/mol. The topological polar surface area (TPSA) is 12.0 Å². The number of aryl methyl sites for hydroxylation is 1. The van der Waals surface area contributed by atoms with Crippen molar-refractivity contribution in [2.75, 3.05) is 6.54 Å². The predicted molar refractivity (Wildman–Crippen MR) is 79.3 cm³/mol. The Labute approximate surface area is 115 Å². The largest absolute Gasteiger partial charge is 0.312 e. The monoisotopic (exact) mass is 259 g/mol. The number of benzene rings is 2. The molecule has 1 nitrogen and oxygen atoms in total. The van der Waals surface area contributed by atoms with Crippen LogP contribution in [0.3, 0.4) is 0 Å². The van der Waals surface area contributed by atoms with E-state index < -0.39 is 0 Å². The summed E-state index contributed by atoms with van der Waals surface area (Å²) in [4.78, 5) is 0. The molecule has 0 bridgehead atoms. The molecule has 0 saturated heterocycles. The molecule has 1 N–H and O–H groups in total. The van der Waals surface area contributed by atoms with E-state index in [0.717, 1.165) is 19.5 Å². The molecule has 1 heterocycles. The SMILES string of the molecule is Cc1ccccc1-c1ccc2c(c1)CCNC2.Cl. The lowest BCUT2D eigenvalue weighted by atomic mass is 9.94. The van der Waals surface area contributed by atoms with Crippen LogP contribution in [0.4, 0.5) is 0 Å². The summed E-state index contributed by atoms with van der Waals surface area (Å²) >= 11 is 0. The van der Waals surface area contributed by atoms with Crippen LogP contribution in [0.25, 0.3) is 11.1 Å². The highest BCUT2D eigenvalue weighted by Gasteiger charge is 2.10. The maximum atomic E-state index is 3.41. The van der Waals surface area contributed by atoms with Crippen molar-refractivity contribution in [3.63, 3.8) is 0 Å². The molecule has 0 atom stereocenters. The van der Waals surface area contributed by atoms with E-state index in [-0.39, 0.29) is 12.4 Å². The summed E-state index contributed by atoms with van der Waals surface area (Å²) < 4.78 is 0. The highest BCUT2D eigenvalue weighted by Crippen LogP contribution is 2.26. The van der Waals surface area contributed by atoms with Gasteiger partial charge in [0, 0.05) is 6.54 Å². The van der Waals surface area contributed by atoms with E-state index in [1.165, 1.54) is 27.8 Å². The van der Waals surface area contributed by atoms with Crippen molar-refractivity contribution in [1.29, 1.82) is 0 Å². The van der Waals surface area contributed by atoms with Crippen LogP contribution < -0.4 is 5.32 Å². The molecule has 2 aromatic rings. The Balaban J connectivity index is 0.00000120. The fraction of sp³-hybridized carbons (Fsp3) is 0.250. The molecule has 2 aromatic carbocycles. The molecule has 2 heteroatoms. The summed E-state index contributed by atoms with van der Waals surface area (Å²) in [5.41, 5.74) is 7.01. The Hall–Kier alpha value is -1.31. The Bertz CT molecular complexity index is 549. The molecule has 0 spiro atoms. The highest BCUT2D eigenvalue weighted by molar-refractivity contribution is 5.85. The Morgan fingerprint density at radius 2 is 1.83 bits per heavy atom. The van der Waals surface area contributed by atoms with E-state index in [1.54, 1.807) is 0 Å². The van der Waals surface area contributed by atoms with Crippen molar-refractivity contribution in [3.05, 3.63) is 59.2 Å². The summed E-state index contributed by atoms with van der Waals surface area (Å²) in [6.45, 7) is 4.30. The van der Waals surface area contributed by atoms with Crippen LogP contribution in [0.1, 0.15) is 16.7 Å². The molecule has 0 unspecified atom stereocenters. The van der Waals surface area contributed by atoms with Gasteiger partial charge < -0.3 is 5.32 Å². The number of hydrogen-bond acceptors (Lipinski definition) is 1. The molecule has 1 aliphatic rings. The van der Waals surface area contributed by atoms with Crippen molar-refractivity contribution in [2.24, 2.45) is 0 Å². The third-order valence-electron chi connectivity index (χ3n) is 3.55. The lowest BCUT2D eigenvalue weighted by molar-refractivity contribution is 0.644. The number of rotatable bonds is 1. The third-order valence-corrected chi connectivity index (χ3v) is 3.55. The second kappa shape index (κ2) is 5.55. The predicted octanol–water partition coefficient (Wildman–Crippen LogP) is 3.73. The second-order valence-electron chi connectivity index (χ2n) is 4.73. The van der Waals surface area contributed by atoms with Gasteiger partial charge in [-0.1, -0.05) is 42.5 Å². The van der Waals surface area contributed by atoms with Crippen LogP contribution in [-0.2, 0) is 13.0 Å². The van der Waals surface area contributed by atoms with E-state index in [2.05, 4.69) is 54.7 Å². The Kier molecular flexibility index (Phi) is 4.05. The first-order chi connectivity index (χ1) is 8.34. The fourth-order valence-corrected chi connectivity index (χ4v) is 2.54. The maximum Gasteiger partial charge on any atom is 0.0208 e. The van der Waals surface area contributed by atoms with Gasteiger partial charge in [0.2, 0.25) is 0 Å². The van der Waals surface area contributed by atoms with Gasteiger partial charge in [0.1, 0.15) is 0 Å². The molecule has 1 aliphatic heterocycles. The van der Waals surface area contributed by atoms with Gasteiger partial charge in [0.15, 0.2) is 0 Å². The van der Waals surface area contributed by atoms with Crippen molar-refractivity contribution in [1.82, 2.24) is 5.32 Å².